The van der Waals surface area contributed by atoms with Crippen molar-refractivity contribution in [1.82, 2.24) is 0 Å². The summed E-state index contributed by atoms with van der Waals surface area (Å²) in [6.07, 6.45) is 1.49. The Hall–Kier alpha value is -0.790. The molecule has 0 saturated heterocycles. The Labute approximate surface area is 87.3 Å². The van der Waals surface area contributed by atoms with E-state index in [9.17, 15) is 4.79 Å². The normalized spacial score (nSPS) is 13.5. The van der Waals surface area contributed by atoms with Gasteiger partial charge in [0.1, 0.15) is 0 Å². The molecule has 14 heavy (non-hydrogen) atoms. The molecule has 0 aromatic heterocycles. The van der Waals surface area contributed by atoms with E-state index in [1.54, 1.807) is 0 Å². The average molecular weight is 198 g/mol. The van der Waals surface area contributed by atoms with Gasteiger partial charge in [0.05, 0.1) is 6.10 Å². The maximum absolute atomic E-state index is 11.3. The summed E-state index contributed by atoms with van der Waals surface area (Å²) in [5.74, 6) is -0.260. The summed E-state index contributed by atoms with van der Waals surface area (Å²) in [6.45, 7) is 13.9. The smallest absolute Gasteiger partial charge is 0.333 e. The zero-order valence-corrected chi connectivity index (χ0v) is 10.0. The van der Waals surface area contributed by atoms with Crippen LogP contribution >= 0.6 is 0 Å². The van der Waals surface area contributed by atoms with E-state index >= 15 is 0 Å². The monoisotopic (exact) mass is 198 g/mol. The van der Waals surface area contributed by atoms with E-state index in [2.05, 4.69) is 27.4 Å². The number of carbonyl (C=O) groups is 1. The molecule has 0 heterocycles. The van der Waals surface area contributed by atoms with Crippen LogP contribution in [0.5, 0.6) is 0 Å². The predicted octanol–water partition coefficient (Wildman–Crippen LogP) is 3.32. The highest BCUT2D eigenvalue weighted by Gasteiger charge is 2.18. The molecule has 2 nitrogen and oxygen atoms in total. The molecule has 0 radical (unpaired) electrons. The second-order valence-electron chi connectivity index (χ2n) is 4.94. The van der Waals surface area contributed by atoms with Crippen molar-refractivity contribution in [2.75, 3.05) is 0 Å². The van der Waals surface area contributed by atoms with Crippen LogP contribution in [0, 0.1) is 5.41 Å². The fourth-order valence-electron chi connectivity index (χ4n) is 1.31. The van der Waals surface area contributed by atoms with Crippen LogP contribution in [0.2, 0.25) is 0 Å². The van der Waals surface area contributed by atoms with Gasteiger partial charge in [-0.2, -0.15) is 0 Å². The summed E-state index contributed by atoms with van der Waals surface area (Å²) in [7, 11) is 0. The van der Waals surface area contributed by atoms with Gasteiger partial charge in [-0.3, -0.25) is 0 Å². The highest BCUT2D eigenvalue weighted by Crippen LogP contribution is 2.22. The van der Waals surface area contributed by atoms with Crippen LogP contribution in [0.15, 0.2) is 12.2 Å². The maximum atomic E-state index is 11.3. The van der Waals surface area contributed by atoms with Crippen molar-refractivity contribution in [2.24, 2.45) is 5.41 Å². The molecule has 0 bridgehead atoms. The minimum atomic E-state index is -0.260. The molecule has 0 aliphatic carbocycles. The van der Waals surface area contributed by atoms with Crippen molar-refractivity contribution in [2.45, 2.75) is 53.6 Å². The summed E-state index contributed by atoms with van der Waals surface area (Å²) >= 11 is 0. The highest BCUT2D eigenvalue weighted by atomic mass is 16.5. The third-order valence-corrected chi connectivity index (χ3v) is 1.92. The van der Waals surface area contributed by atoms with E-state index < -0.39 is 0 Å². The molecule has 0 rings (SSSR count). The van der Waals surface area contributed by atoms with Crippen LogP contribution in [-0.2, 0) is 9.53 Å². The van der Waals surface area contributed by atoms with Crippen molar-refractivity contribution in [1.29, 1.82) is 0 Å². The number of ether oxygens (including phenoxy) is 1. The van der Waals surface area contributed by atoms with Crippen LogP contribution in [0.25, 0.3) is 0 Å². The fourth-order valence-corrected chi connectivity index (χ4v) is 1.31. The second-order valence-corrected chi connectivity index (χ2v) is 4.94. The van der Waals surface area contributed by atoms with Crippen LogP contribution in [0.1, 0.15) is 47.5 Å². The molecular weight excluding hydrogens is 176 g/mol. The van der Waals surface area contributed by atoms with Gasteiger partial charge in [-0.05, 0) is 25.2 Å². The molecule has 0 aromatic carbocycles. The van der Waals surface area contributed by atoms with Gasteiger partial charge in [0.2, 0.25) is 0 Å². The lowest BCUT2D eigenvalue weighted by Gasteiger charge is -2.23. The Morgan fingerprint density at radius 1 is 1.43 bits per heavy atom. The van der Waals surface area contributed by atoms with Gasteiger partial charge in [-0.1, -0.05) is 34.3 Å². The van der Waals surface area contributed by atoms with Gasteiger partial charge < -0.3 is 4.74 Å². The van der Waals surface area contributed by atoms with E-state index in [4.69, 9.17) is 4.74 Å². The van der Waals surface area contributed by atoms with Crippen LogP contribution < -0.4 is 0 Å². The summed E-state index contributed by atoms with van der Waals surface area (Å²) in [4.78, 5) is 11.3. The quantitative estimate of drug-likeness (QED) is 0.511. The highest BCUT2D eigenvalue weighted by molar-refractivity contribution is 5.87. The molecule has 0 saturated carbocycles. The molecule has 1 unspecified atom stereocenters. The Kier molecular flexibility index (Phi) is 4.89. The van der Waals surface area contributed by atoms with E-state index in [0.717, 1.165) is 6.42 Å². The first kappa shape index (κ1) is 13.2. The third-order valence-electron chi connectivity index (χ3n) is 1.92. The molecule has 1 atom stereocenters. The number of rotatable bonds is 4. The first-order chi connectivity index (χ1) is 6.26. The minimum absolute atomic E-state index is 0.0363. The molecule has 0 aromatic rings. The lowest BCUT2D eigenvalue weighted by atomic mass is 9.90. The van der Waals surface area contributed by atoms with Gasteiger partial charge in [0.15, 0.2) is 0 Å². The number of hydrogen-bond acceptors (Lipinski definition) is 2. The van der Waals surface area contributed by atoms with Crippen LogP contribution in [0.3, 0.4) is 0 Å². The molecule has 0 fully saturated rings. The van der Waals surface area contributed by atoms with Gasteiger partial charge in [-0.15, -0.1) is 0 Å². The number of carbonyl (C=O) groups excluding carboxylic acids is 1. The minimum Gasteiger partial charge on any atom is -0.459 e. The largest absolute Gasteiger partial charge is 0.459 e. The van der Waals surface area contributed by atoms with Crippen LogP contribution in [-0.4, -0.2) is 12.1 Å². The third kappa shape index (κ3) is 5.79. The van der Waals surface area contributed by atoms with Crippen molar-refractivity contribution >= 4 is 5.97 Å². The van der Waals surface area contributed by atoms with Gasteiger partial charge in [-0.25, -0.2) is 4.79 Å². The number of esters is 1. The molecule has 0 amide bonds. The van der Waals surface area contributed by atoms with Crippen molar-refractivity contribution in [3.63, 3.8) is 0 Å². The lowest BCUT2D eigenvalue weighted by Crippen LogP contribution is -2.21. The van der Waals surface area contributed by atoms with Crippen LogP contribution in [0.4, 0.5) is 0 Å². The van der Waals surface area contributed by atoms with Gasteiger partial charge in [0.25, 0.3) is 0 Å². The molecule has 2 heteroatoms. The second kappa shape index (κ2) is 5.18. The van der Waals surface area contributed by atoms with E-state index in [-0.39, 0.29) is 17.5 Å². The fraction of sp³-hybridized carbons (Fsp3) is 0.750. The van der Waals surface area contributed by atoms with Crippen molar-refractivity contribution in [3.05, 3.63) is 12.2 Å². The lowest BCUT2D eigenvalue weighted by molar-refractivity contribution is -0.144. The van der Waals surface area contributed by atoms with Crippen molar-refractivity contribution in [3.8, 4) is 0 Å². The summed E-state index contributed by atoms with van der Waals surface area (Å²) < 4.78 is 5.24. The average Bonchev–Trinajstić information content (AvgIpc) is 1.99. The number of hydrogen-bond donors (Lipinski definition) is 0. The molecule has 0 aliphatic heterocycles. The Bertz CT molecular complexity index is 211. The molecule has 0 spiro atoms. The molecular formula is C12H22O2. The molecule has 0 N–H and O–H groups in total. The predicted molar refractivity (Wildman–Crippen MR) is 59.1 cm³/mol. The molecule has 82 valence electrons. The standard InChI is InChI=1S/C12H22O2/c1-7-9(2)11(13)14-10(3)8-12(4,5)6/h10H,2,7-8H2,1,3-6H3. The topological polar surface area (TPSA) is 26.3 Å². The van der Waals surface area contributed by atoms with E-state index in [1.807, 2.05) is 13.8 Å². The first-order valence-corrected chi connectivity index (χ1v) is 5.15. The molecule has 0 aliphatic rings. The summed E-state index contributed by atoms with van der Waals surface area (Å²) in [6, 6.07) is 0. The SMILES string of the molecule is C=C(CC)C(=O)OC(C)CC(C)(C)C. The van der Waals surface area contributed by atoms with Gasteiger partial charge in [0, 0.05) is 5.57 Å². The Morgan fingerprint density at radius 2 is 1.93 bits per heavy atom. The van der Waals surface area contributed by atoms with E-state index in [0.29, 0.717) is 12.0 Å². The summed E-state index contributed by atoms with van der Waals surface area (Å²) in [5, 5.41) is 0. The van der Waals surface area contributed by atoms with Crippen molar-refractivity contribution < 1.29 is 9.53 Å². The Balaban J connectivity index is 4.01. The van der Waals surface area contributed by atoms with Gasteiger partial charge >= 0.3 is 5.97 Å². The maximum Gasteiger partial charge on any atom is 0.333 e. The zero-order chi connectivity index (χ0) is 11.4. The Morgan fingerprint density at radius 3 is 2.29 bits per heavy atom. The summed E-state index contributed by atoms with van der Waals surface area (Å²) in [5.41, 5.74) is 0.735. The first-order valence-electron chi connectivity index (χ1n) is 5.15. The zero-order valence-electron chi connectivity index (χ0n) is 10.0. The van der Waals surface area contributed by atoms with E-state index in [1.165, 1.54) is 0 Å².